The van der Waals surface area contributed by atoms with Gasteiger partial charge in [-0.2, -0.15) is 0 Å². The number of hydrogen-bond acceptors (Lipinski definition) is 6. The first-order valence-electron chi connectivity index (χ1n) is 10.6. The number of likely N-dealkylation sites (tertiary alicyclic amines) is 1. The Morgan fingerprint density at radius 3 is 2.75 bits per heavy atom. The Morgan fingerprint density at radius 2 is 1.94 bits per heavy atom. The molecule has 1 spiro atoms. The van der Waals surface area contributed by atoms with E-state index < -0.39 is 0 Å². The van der Waals surface area contributed by atoms with Gasteiger partial charge in [0.2, 0.25) is 12.7 Å². The molecule has 3 aliphatic rings. The summed E-state index contributed by atoms with van der Waals surface area (Å²) in [5.74, 6) is 2.11. The molecule has 2 fully saturated rings. The van der Waals surface area contributed by atoms with E-state index in [0.717, 1.165) is 24.2 Å². The third-order valence-corrected chi connectivity index (χ3v) is 8.05. The molecule has 2 aromatic rings. The maximum absolute atomic E-state index is 12.8. The van der Waals surface area contributed by atoms with Crippen LogP contribution >= 0.6 is 23.4 Å². The topological polar surface area (TPSA) is 79.9 Å². The number of ether oxygens (including phenoxy) is 2. The van der Waals surface area contributed by atoms with Crippen LogP contribution in [0.2, 0.25) is 5.02 Å². The van der Waals surface area contributed by atoms with E-state index in [9.17, 15) is 9.59 Å². The number of benzene rings is 2. The van der Waals surface area contributed by atoms with Gasteiger partial charge in [-0.15, -0.1) is 11.8 Å². The molecular weight excluding hydrogens is 450 g/mol. The van der Waals surface area contributed by atoms with Crippen LogP contribution < -0.4 is 20.1 Å². The molecule has 1 unspecified atom stereocenters. The number of fused-ring (bicyclic) bond motifs is 1. The molecule has 0 bridgehead atoms. The minimum absolute atomic E-state index is 0.0124. The molecule has 0 radical (unpaired) electrons. The fourth-order valence-corrected chi connectivity index (χ4v) is 5.95. The maximum Gasteiger partial charge on any atom is 0.255 e. The minimum Gasteiger partial charge on any atom is -0.454 e. The summed E-state index contributed by atoms with van der Waals surface area (Å²) in [6.07, 6.45) is 1.58. The first-order chi connectivity index (χ1) is 15.5. The summed E-state index contributed by atoms with van der Waals surface area (Å²) in [6, 6.07) is 12.6. The van der Waals surface area contributed by atoms with Crippen molar-refractivity contribution < 1.29 is 19.1 Å². The van der Waals surface area contributed by atoms with Gasteiger partial charge in [0.25, 0.3) is 5.91 Å². The zero-order valence-electron chi connectivity index (χ0n) is 17.4. The first-order valence-corrected chi connectivity index (χ1v) is 12.0. The predicted molar refractivity (Wildman–Crippen MR) is 123 cm³/mol. The second-order valence-corrected chi connectivity index (χ2v) is 9.99. The molecule has 0 aromatic heterocycles. The number of carbonyl (C=O) groups excluding carboxylic acids is 2. The van der Waals surface area contributed by atoms with Crippen LogP contribution in [0.1, 0.15) is 28.8 Å². The molecule has 168 valence electrons. The SMILES string of the molecule is O=C(NCc1ccc2c(c1)OCO2)C1CSC2(CCN(C(=O)c3ccccc3Cl)CC2)N1. The van der Waals surface area contributed by atoms with Gasteiger partial charge in [-0.1, -0.05) is 29.8 Å². The lowest BCUT2D eigenvalue weighted by molar-refractivity contribution is -0.122. The van der Waals surface area contributed by atoms with Crippen LogP contribution in [0.15, 0.2) is 42.5 Å². The van der Waals surface area contributed by atoms with Gasteiger partial charge >= 0.3 is 0 Å². The minimum atomic E-state index is -0.250. The summed E-state index contributed by atoms with van der Waals surface area (Å²) in [5.41, 5.74) is 1.51. The Hall–Kier alpha value is -2.42. The molecule has 0 saturated carbocycles. The van der Waals surface area contributed by atoms with E-state index in [1.54, 1.807) is 23.9 Å². The highest BCUT2D eigenvalue weighted by atomic mass is 35.5. The molecule has 7 nitrogen and oxygen atoms in total. The lowest BCUT2D eigenvalue weighted by atomic mass is 10.0. The highest BCUT2D eigenvalue weighted by molar-refractivity contribution is 8.01. The molecule has 3 heterocycles. The van der Waals surface area contributed by atoms with Crippen molar-refractivity contribution in [2.75, 3.05) is 25.6 Å². The number of carbonyl (C=O) groups is 2. The second-order valence-electron chi connectivity index (χ2n) is 8.18. The fraction of sp³-hybridized carbons (Fsp3) is 0.391. The van der Waals surface area contributed by atoms with Gasteiger partial charge in [-0.3, -0.25) is 14.9 Å². The number of nitrogens with zero attached hydrogens (tertiary/aromatic N) is 1. The fourth-order valence-electron chi connectivity index (χ4n) is 4.31. The molecule has 9 heteroatoms. The summed E-state index contributed by atoms with van der Waals surface area (Å²) >= 11 is 7.97. The highest BCUT2D eigenvalue weighted by Crippen LogP contribution is 2.39. The molecular formula is C23H24ClN3O4S. The van der Waals surface area contributed by atoms with Crippen LogP contribution in [-0.4, -0.2) is 53.3 Å². The summed E-state index contributed by atoms with van der Waals surface area (Å²) in [7, 11) is 0. The van der Waals surface area contributed by atoms with Gasteiger partial charge in [0.15, 0.2) is 11.5 Å². The van der Waals surface area contributed by atoms with Crippen molar-refractivity contribution >= 4 is 35.2 Å². The lowest BCUT2D eigenvalue weighted by Gasteiger charge is -2.39. The zero-order chi connectivity index (χ0) is 22.1. The quantitative estimate of drug-likeness (QED) is 0.710. The summed E-state index contributed by atoms with van der Waals surface area (Å²) in [4.78, 5) is 27.3. The molecule has 32 heavy (non-hydrogen) atoms. The van der Waals surface area contributed by atoms with Gasteiger partial charge in [-0.05, 0) is 42.7 Å². The normalized spacial score (nSPS) is 21.0. The molecule has 0 aliphatic carbocycles. The molecule has 2 amide bonds. The highest BCUT2D eigenvalue weighted by Gasteiger charge is 2.44. The van der Waals surface area contributed by atoms with Crippen molar-refractivity contribution in [3.8, 4) is 11.5 Å². The van der Waals surface area contributed by atoms with Crippen molar-refractivity contribution in [2.24, 2.45) is 0 Å². The zero-order valence-corrected chi connectivity index (χ0v) is 19.0. The third kappa shape index (κ3) is 4.27. The van der Waals surface area contributed by atoms with E-state index in [0.29, 0.717) is 41.7 Å². The average molecular weight is 474 g/mol. The summed E-state index contributed by atoms with van der Waals surface area (Å²) in [5, 5.41) is 7.03. The standard InChI is InChI=1S/C23H24ClN3O4S/c24-17-4-2-1-3-16(17)22(29)27-9-7-23(8-10-27)26-18(13-32-23)21(28)25-12-15-5-6-19-20(11-15)31-14-30-19/h1-6,11,18,26H,7-10,12-14H2,(H,25,28). The number of halogens is 1. The number of rotatable bonds is 4. The van der Waals surface area contributed by atoms with Crippen LogP contribution in [0.3, 0.4) is 0 Å². The summed E-state index contributed by atoms with van der Waals surface area (Å²) in [6.45, 7) is 1.94. The predicted octanol–water partition coefficient (Wildman–Crippen LogP) is 3.02. The van der Waals surface area contributed by atoms with Crippen LogP contribution in [0.5, 0.6) is 11.5 Å². The van der Waals surface area contributed by atoms with Crippen LogP contribution in [0.25, 0.3) is 0 Å². The molecule has 2 saturated heterocycles. The Morgan fingerprint density at radius 1 is 1.16 bits per heavy atom. The van der Waals surface area contributed by atoms with Crippen molar-refractivity contribution in [1.29, 1.82) is 0 Å². The molecule has 3 aliphatic heterocycles. The lowest BCUT2D eigenvalue weighted by Crippen LogP contribution is -2.54. The monoisotopic (exact) mass is 473 g/mol. The van der Waals surface area contributed by atoms with E-state index in [4.69, 9.17) is 21.1 Å². The van der Waals surface area contributed by atoms with E-state index in [-0.39, 0.29) is 29.5 Å². The number of piperidine rings is 1. The van der Waals surface area contributed by atoms with Gasteiger partial charge < -0.3 is 19.7 Å². The van der Waals surface area contributed by atoms with Crippen LogP contribution in [0, 0.1) is 0 Å². The van der Waals surface area contributed by atoms with Crippen molar-refractivity contribution in [1.82, 2.24) is 15.5 Å². The number of hydrogen-bond donors (Lipinski definition) is 2. The van der Waals surface area contributed by atoms with Gasteiger partial charge in [-0.25, -0.2) is 0 Å². The van der Waals surface area contributed by atoms with E-state index in [1.165, 1.54) is 0 Å². The second kappa shape index (κ2) is 8.84. The number of thioether (sulfide) groups is 1. The number of nitrogens with one attached hydrogen (secondary N) is 2. The van der Waals surface area contributed by atoms with E-state index in [2.05, 4.69) is 10.6 Å². The smallest absolute Gasteiger partial charge is 0.255 e. The average Bonchev–Trinajstić information content (AvgIpc) is 3.45. The van der Waals surface area contributed by atoms with Crippen LogP contribution in [-0.2, 0) is 11.3 Å². The van der Waals surface area contributed by atoms with Crippen molar-refractivity contribution in [2.45, 2.75) is 30.3 Å². The molecule has 1 atom stereocenters. The van der Waals surface area contributed by atoms with Crippen LogP contribution in [0.4, 0.5) is 0 Å². The van der Waals surface area contributed by atoms with E-state index in [1.807, 2.05) is 35.2 Å². The largest absolute Gasteiger partial charge is 0.454 e. The van der Waals surface area contributed by atoms with Gasteiger partial charge in [0.1, 0.15) is 0 Å². The van der Waals surface area contributed by atoms with Crippen molar-refractivity contribution in [3.05, 3.63) is 58.6 Å². The Bertz CT molecular complexity index is 1040. The number of amides is 2. The first kappa shape index (κ1) is 21.4. The third-order valence-electron chi connectivity index (χ3n) is 6.15. The Labute approximate surface area is 195 Å². The summed E-state index contributed by atoms with van der Waals surface area (Å²) < 4.78 is 10.7. The Balaban J connectivity index is 1.13. The maximum atomic E-state index is 12.8. The van der Waals surface area contributed by atoms with E-state index >= 15 is 0 Å². The molecule has 2 aromatic carbocycles. The van der Waals surface area contributed by atoms with Gasteiger partial charge in [0, 0.05) is 25.4 Å². The Kier molecular flexibility index (Phi) is 5.92. The molecule has 2 N–H and O–H groups in total. The van der Waals surface area contributed by atoms with Gasteiger partial charge in [0.05, 0.1) is 21.5 Å². The molecule has 5 rings (SSSR count). The van der Waals surface area contributed by atoms with Crippen molar-refractivity contribution in [3.63, 3.8) is 0 Å².